The Hall–Kier alpha value is -3.14. The van der Waals surface area contributed by atoms with Crippen molar-refractivity contribution < 1.29 is 38.5 Å². The van der Waals surface area contributed by atoms with Gasteiger partial charge in [0.15, 0.2) is 0 Å². The first kappa shape index (κ1) is 25.1. The van der Waals surface area contributed by atoms with E-state index in [9.17, 15) is 18.8 Å². The summed E-state index contributed by atoms with van der Waals surface area (Å²) in [5, 5.41) is 18.9. The van der Waals surface area contributed by atoms with Crippen molar-refractivity contribution >= 4 is 18.0 Å². The Morgan fingerprint density at radius 2 is 1.72 bits per heavy atom. The number of nitrogens with zero attached hydrogens (tertiary/aromatic N) is 1. The van der Waals surface area contributed by atoms with Crippen LogP contribution in [0.25, 0.3) is 0 Å². The number of halogens is 1. The van der Waals surface area contributed by atoms with Crippen molar-refractivity contribution in [2.45, 2.75) is 45.4 Å². The van der Waals surface area contributed by atoms with Gasteiger partial charge in [-0.25, -0.2) is 18.8 Å². The average molecular weight is 452 g/mol. The first-order valence-corrected chi connectivity index (χ1v) is 10.4. The van der Waals surface area contributed by atoms with Gasteiger partial charge in [-0.05, 0) is 50.8 Å². The van der Waals surface area contributed by atoms with Crippen molar-refractivity contribution in [1.82, 2.24) is 10.2 Å². The molecular formula is C22H29FN2O7. The smallest absolute Gasteiger partial charge is 0.410 e. The Morgan fingerprint density at radius 1 is 1.12 bits per heavy atom. The zero-order chi connectivity index (χ0) is 23.7. The van der Waals surface area contributed by atoms with E-state index in [0.29, 0.717) is 36.0 Å². The lowest BCUT2D eigenvalue weighted by molar-refractivity contribution is -0.134. The molecule has 1 aromatic carbocycles. The number of carbonyl (C=O) groups is 3. The predicted octanol–water partition coefficient (Wildman–Crippen LogP) is 2.65. The number of carboxylic acid groups (broad SMARTS) is 2. The van der Waals surface area contributed by atoms with Crippen LogP contribution < -0.4 is 10.1 Å². The Labute approximate surface area is 185 Å². The van der Waals surface area contributed by atoms with Gasteiger partial charge >= 0.3 is 18.0 Å². The van der Waals surface area contributed by atoms with Gasteiger partial charge in [0.1, 0.15) is 18.2 Å². The van der Waals surface area contributed by atoms with Crippen molar-refractivity contribution in [3.8, 4) is 5.75 Å². The van der Waals surface area contributed by atoms with Gasteiger partial charge in [-0.3, -0.25) is 0 Å². The van der Waals surface area contributed by atoms with Crippen LogP contribution in [0.15, 0.2) is 30.4 Å². The molecule has 1 aromatic rings. The van der Waals surface area contributed by atoms with Gasteiger partial charge < -0.3 is 29.9 Å². The molecule has 2 aliphatic rings. The largest absolute Gasteiger partial charge is 0.493 e. The minimum Gasteiger partial charge on any atom is -0.493 e. The summed E-state index contributed by atoms with van der Waals surface area (Å²) < 4.78 is 25.0. The maximum absolute atomic E-state index is 14.0. The zero-order valence-corrected chi connectivity index (χ0v) is 18.1. The molecule has 2 atom stereocenters. The van der Waals surface area contributed by atoms with Crippen LogP contribution in [0.1, 0.15) is 32.3 Å². The minimum atomic E-state index is -1.26. The zero-order valence-electron chi connectivity index (χ0n) is 18.1. The standard InChI is InChI=1S/C18H25FN2O3.C4H4O4/c1-12-8-20-9-13(2)21(12)18(22)24-11-15-7-16(5-6-17(15)19)23-10-14-3-4-14;5-3(6)1-2-4(7)8/h5-7,12-14,20H,3-4,8-11H2,1-2H3;1-2H,(H,5,6)(H,7,8)/t12-,13+;. The number of benzene rings is 1. The van der Waals surface area contributed by atoms with Crippen LogP contribution in [0.2, 0.25) is 0 Å². The fourth-order valence-corrected chi connectivity index (χ4v) is 3.10. The van der Waals surface area contributed by atoms with Crippen molar-refractivity contribution in [1.29, 1.82) is 0 Å². The minimum absolute atomic E-state index is 0.0549. The molecule has 10 heteroatoms. The summed E-state index contributed by atoms with van der Waals surface area (Å²) in [4.78, 5) is 33.2. The third-order valence-electron chi connectivity index (χ3n) is 4.96. The number of hydrogen-bond donors (Lipinski definition) is 3. The van der Waals surface area contributed by atoms with Crippen LogP contribution in [0, 0.1) is 11.7 Å². The third-order valence-corrected chi connectivity index (χ3v) is 4.96. The molecule has 0 spiro atoms. The van der Waals surface area contributed by atoms with E-state index in [1.807, 2.05) is 13.8 Å². The van der Waals surface area contributed by atoms with E-state index in [4.69, 9.17) is 19.7 Å². The Morgan fingerprint density at radius 3 is 2.25 bits per heavy atom. The van der Waals surface area contributed by atoms with E-state index in [0.717, 1.165) is 13.1 Å². The molecule has 3 rings (SSSR count). The number of hydrogen-bond acceptors (Lipinski definition) is 6. The number of ether oxygens (including phenoxy) is 2. The maximum Gasteiger partial charge on any atom is 0.410 e. The summed E-state index contributed by atoms with van der Waals surface area (Å²) in [6.45, 7) is 5.99. The number of nitrogens with one attached hydrogen (secondary N) is 1. The number of carbonyl (C=O) groups excluding carboxylic acids is 1. The van der Waals surface area contributed by atoms with E-state index in [1.54, 1.807) is 17.0 Å². The van der Waals surface area contributed by atoms with Gasteiger partial charge in [0.05, 0.1) is 6.61 Å². The lowest BCUT2D eigenvalue weighted by Crippen LogP contribution is -2.57. The highest BCUT2D eigenvalue weighted by molar-refractivity contribution is 5.89. The summed E-state index contributed by atoms with van der Waals surface area (Å²) >= 11 is 0. The van der Waals surface area contributed by atoms with E-state index < -0.39 is 18.0 Å². The van der Waals surface area contributed by atoms with Crippen LogP contribution in [0.3, 0.4) is 0 Å². The molecule has 9 nitrogen and oxygen atoms in total. The Bertz CT molecular complexity index is 816. The van der Waals surface area contributed by atoms with Crippen LogP contribution in [-0.2, 0) is 20.9 Å². The fourth-order valence-electron chi connectivity index (χ4n) is 3.10. The van der Waals surface area contributed by atoms with Gasteiger partial charge in [0.2, 0.25) is 0 Å². The normalized spacial score (nSPS) is 20.3. The molecule has 3 N–H and O–H groups in total. The SMILES string of the molecule is C[C@@H]1CNC[C@H](C)N1C(=O)OCc1cc(OCC2CC2)ccc1F.O=C(O)C=CC(=O)O. The molecular weight excluding hydrogens is 423 g/mol. The molecule has 0 aromatic heterocycles. The summed E-state index contributed by atoms with van der Waals surface area (Å²) in [5.41, 5.74) is 0.340. The highest BCUT2D eigenvalue weighted by atomic mass is 19.1. The van der Waals surface area contributed by atoms with Gasteiger partial charge in [0.25, 0.3) is 0 Å². The number of aliphatic carboxylic acids is 2. The summed E-state index contributed by atoms with van der Waals surface area (Å²) in [6.07, 6.45) is 3.12. The van der Waals surface area contributed by atoms with Crippen LogP contribution in [-0.4, -0.2) is 64.9 Å². The van der Waals surface area contributed by atoms with Gasteiger partial charge in [0, 0.05) is 42.9 Å². The lowest BCUT2D eigenvalue weighted by atomic mass is 10.1. The van der Waals surface area contributed by atoms with E-state index in [2.05, 4.69) is 5.32 Å². The second-order valence-corrected chi connectivity index (χ2v) is 7.84. The summed E-state index contributed by atoms with van der Waals surface area (Å²) in [5.74, 6) is -1.65. The van der Waals surface area contributed by atoms with Crippen molar-refractivity contribution in [3.05, 3.63) is 41.7 Å². The fraction of sp³-hybridized carbons (Fsp3) is 0.500. The molecule has 1 amide bonds. The maximum atomic E-state index is 14.0. The van der Waals surface area contributed by atoms with Crippen LogP contribution in [0.5, 0.6) is 5.75 Å². The van der Waals surface area contributed by atoms with E-state index in [1.165, 1.54) is 18.9 Å². The first-order valence-electron chi connectivity index (χ1n) is 10.4. The highest BCUT2D eigenvalue weighted by Crippen LogP contribution is 2.30. The molecule has 176 valence electrons. The Balaban J connectivity index is 0.000000390. The molecule has 0 radical (unpaired) electrons. The second kappa shape index (κ2) is 12.0. The number of carboxylic acids is 2. The van der Waals surface area contributed by atoms with Gasteiger partial charge in [-0.2, -0.15) is 0 Å². The molecule has 1 aliphatic heterocycles. The quantitative estimate of drug-likeness (QED) is 0.539. The number of amides is 1. The van der Waals surface area contributed by atoms with Crippen LogP contribution >= 0.6 is 0 Å². The second-order valence-electron chi connectivity index (χ2n) is 7.84. The van der Waals surface area contributed by atoms with E-state index >= 15 is 0 Å². The van der Waals surface area contributed by atoms with Crippen molar-refractivity contribution in [2.75, 3.05) is 19.7 Å². The van der Waals surface area contributed by atoms with Crippen LogP contribution in [0.4, 0.5) is 9.18 Å². The molecule has 32 heavy (non-hydrogen) atoms. The number of rotatable bonds is 7. The lowest BCUT2D eigenvalue weighted by Gasteiger charge is -2.38. The Kier molecular flexibility index (Phi) is 9.45. The van der Waals surface area contributed by atoms with Crippen molar-refractivity contribution in [3.63, 3.8) is 0 Å². The van der Waals surface area contributed by atoms with Gasteiger partial charge in [-0.15, -0.1) is 0 Å². The highest BCUT2D eigenvalue weighted by Gasteiger charge is 2.30. The molecule has 1 heterocycles. The summed E-state index contributed by atoms with van der Waals surface area (Å²) in [7, 11) is 0. The van der Waals surface area contributed by atoms with Crippen molar-refractivity contribution in [2.24, 2.45) is 5.92 Å². The monoisotopic (exact) mass is 452 g/mol. The van der Waals surface area contributed by atoms with Gasteiger partial charge in [-0.1, -0.05) is 0 Å². The molecule has 0 bridgehead atoms. The van der Waals surface area contributed by atoms with E-state index in [-0.39, 0.29) is 24.5 Å². The first-order chi connectivity index (χ1) is 15.2. The molecule has 0 unspecified atom stereocenters. The summed E-state index contributed by atoms with van der Waals surface area (Å²) in [6, 6.07) is 4.71. The average Bonchev–Trinajstić information content (AvgIpc) is 3.55. The topological polar surface area (TPSA) is 125 Å². The predicted molar refractivity (Wildman–Crippen MR) is 113 cm³/mol. The molecule has 1 saturated carbocycles. The molecule has 2 fully saturated rings. The third kappa shape index (κ3) is 8.54. The molecule has 1 aliphatic carbocycles. The molecule has 1 saturated heterocycles. The number of piperazine rings is 1.